The molecule has 1 fully saturated rings. The standard InChI is InChI=1S/C16H26N2O/c1-3-15(13-7-9-14(19)10-8-13)18-11-5-4-6-16(18)12(2)17/h7-10,12,15-16,19H,3-6,11,17H2,1-2H3. The van der Waals surface area contributed by atoms with Gasteiger partial charge in [0.05, 0.1) is 0 Å². The van der Waals surface area contributed by atoms with Gasteiger partial charge in [-0.1, -0.05) is 25.5 Å². The van der Waals surface area contributed by atoms with Crippen LogP contribution in [0.3, 0.4) is 0 Å². The van der Waals surface area contributed by atoms with Crippen LogP contribution in [0, 0.1) is 0 Å². The number of benzene rings is 1. The molecule has 0 aromatic heterocycles. The average molecular weight is 262 g/mol. The molecule has 1 aromatic rings. The van der Waals surface area contributed by atoms with Crippen molar-refractivity contribution in [1.29, 1.82) is 0 Å². The van der Waals surface area contributed by atoms with Crippen LogP contribution in [0.5, 0.6) is 5.75 Å². The van der Waals surface area contributed by atoms with Crippen LogP contribution in [0.1, 0.15) is 51.1 Å². The van der Waals surface area contributed by atoms with Gasteiger partial charge in [0, 0.05) is 18.1 Å². The van der Waals surface area contributed by atoms with E-state index in [-0.39, 0.29) is 6.04 Å². The fraction of sp³-hybridized carbons (Fsp3) is 0.625. The molecule has 3 heteroatoms. The molecule has 19 heavy (non-hydrogen) atoms. The maximum atomic E-state index is 9.43. The summed E-state index contributed by atoms with van der Waals surface area (Å²) in [5.74, 6) is 0.334. The molecule has 3 unspecified atom stereocenters. The molecular weight excluding hydrogens is 236 g/mol. The number of nitrogens with two attached hydrogens (primary N) is 1. The lowest BCUT2D eigenvalue weighted by atomic mass is 9.92. The van der Waals surface area contributed by atoms with Crippen LogP contribution in [-0.2, 0) is 0 Å². The van der Waals surface area contributed by atoms with Crippen molar-refractivity contribution in [3.8, 4) is 5.75 Å². The lowest BCUT2D eigenvalue weighted by Gasteiger charge is -2.43. The zero-order valence-electron chi connectivity index (χ0n) is 12.0. The molecule has 0 amide bonds. The minimum absolute atomic E-state index is 0.214. The van der Waals surface area contributed by atoms with Crippen molar-refractivity contribution in [2.75, 3.05) is 6.54 Å². The highest BCUT2D eigenvalue weighted by molar-refractivity contribution is 5.28. The zero-order chi connectivity index (χ0) is 13.8. The van der Waals surface area contributed by atoms with Crippen LogP contribution in [0.25, 0.3) is 0 Å². The zero-order valence-corrected chi connectivity index (χ0v) is 12.0. The Kier molecular flexibility index (Phi) is 4.83. The third kappa shape index (κ3) is 3.28. The Morgan fingerprint density at radius 3 is 2.58 bits per heavy atom. The molecule has 1 saturated heterocycles. The molecule has 1 aromatic carbocycles. The third-order valence-corrected chi connectivity index (χ3v) is 4.26. The van der Waals surface area contributed by atoms with E-state index in [4.69, 9.17) is 5.73 Å². The number of hydrogen-bond acceptors (Lipinski definition) is 3. The van der Waals surface area contributed by atoms with E-state index in [0.29, 0.717) is 17.8 Å². The van der Waals surface area contributed by atoms with Crippen molar-refractivity contribution in [3.05, 3.63) is 29.8 Å². The minimum atomic E-state index is 0.214. The van der Waals surface area contributed by atoms with E-state index in [0.717, 1.165) is 13.0 Å². The predicted octanol–water partition coefficient (Wildman–Crippen LogP) is 3.05. The SMILES string of the molecule is CCC(c1ccc(O)cc1)N1CCCCC1C(C)N. The van der Waals surface area contributed by atoms with E-state index in [9.17, 15) is 5.11 Å². The van der Waals surface area contributed by atoms with Crippen molar-refractivity contribution in [3.63, 3.8) is 0 Å². The summed E-state index contributed by atoms with van der Waals surface area (Å²) in [6.45, 7) is 5.47. The van der Waals surface area contributed by atoms with Crippen molar-refractivity contribution in [1.82, 2.24) is 4.90 Å². The number of piperidine rings is 1. The Bertz CT molecular complexity index is 388. The number of nitrogens with zero attached hydrogens (tertiary/aromatic N) is 1. The Morgan fingerprint density at radius 1 is 1.32 bits per heavy atom. The quantitative estimate of drug-likeness (QED) is 0.877. The van der Waals surface area contributed by atoms with Gasteiger partial charge in [-0.2, -0.15) is 0 Å². The van der Waals surface area contributed by atoms with Gasteiger partial charge < -0.3 is 10.8 Å². The van der Waals surface area contributed by atoms with Crippen LogP contribution in [0.2, 0.25) is 0 Å². The lowest BCUT2D eigenvalue weighted by Crippen LogP contribution is -2.50. The Morgan fingerprint density at radius 2 is 2.00 bits per heavy atom. The molecule has 1 heterocycles. The largest absolute Gasteiger partial charge is 0.508 e. The number of hydrogen-bond donors (Lipinski definition) is 2. The molecule has 0 spiro atoms. The second-order valence-corrected chi connectivity index (χ2v) is 5.68. The number of phenols is 1. The van der Waals surface area contributed by atoms with Crippen LogP contribution in [0.15, 0.2) is 24.3 Å². The highest BCUT2D eigenvalue weighted by atomic mass is 16.3. The maximum Gasteiger partial charge on any atom is 0.115 e. The summed E-state index contributed by atoms with van der Waals surface area (Å²) in [4.78, 5) is 2.57. The first-order chi connectivity index (χ1) is 9.13. The Labute approximate surface area is 116 Å². The minimum Gasteiger partial charge on any atom is -0.508 e. The van der Waals surface area contributed by atoms with Crippen molar-refractivity contribution < 1.29 is 5.11 Å². The van der Waals surface area contributed by atoms with Crippen molar-refractivity contribution >= 4 is 0 Å². The summed E-state index contributed by atoms with van der Waals surface area (Å²) in [6.07, 6.45) is 4.83. The molecular formula is C16H26N2O. The Balaban J connectivity index is 2.21. The molecule has 0 radical (unpaired) electrons. The predicted molar refractivity (Wildman–Crippen MR) is 79.1 cm³/mol. The first kappa shape index (κ1) is 14.4. The highest BCUT2D eigenvalue weighted by Crippen LogP contribution is 2.32. The molecule has 106 valence electrons. The molecule has 0 saturated carbocycles. The summed E-state index contributed by atoms with van der Waals surface area (Å²) in [5.41, 5.74) is 7.46. The Hall–Kier alpha value is -1.06. The maximum absolute atomic E-state index is 9.43. The number of phenolic OH excluding ortho intramolecular Hbond substituents is 1. The molecule has 3 N–H and O–H groups in total. The van der Waals surface area contributed by atoms with Crippen LogP contribution in [0.4, 0.5) is 0 Å². The fourth-order valence-electron chi connectivity index (χ4n) is 3.29. The van der Waals surface area contributed by atoms with Gasteiger partial charge in [0.15, 0.2) is 0 Å². The number of rotatable bonds is 4. The summed E-state index contributed by atoms with van der Waals surface area (Å²) < 4.78 is 0. The van der Waals surface area contributed by atoms with E-state index >= 15 is 0 Å². The van der Waals surface area contributed by atoms with Crippen LogP contribution < -0.4 is 5.73 Å². The monoisotopic (exact) mass is 262 g/mol. The molecule has 3 nitrogen and oxygen atoms in total. The molecule has 1 aliphatic rings. The van der Waals surface area contributed by atoms with Gasteiger partial charge in [-0.25, -0.2) is 0 Å². The van der Waals surface area contributed by atoms with E-state index in [1.165, 1.54) is 24.8 Å². The van der Waals surface area contributed by atoms with Gasteiger partial charge >= 0.3 is 0 Å². The second kappa shape index (κ2) is 6.40. The fourth-order valence-corrected chi connectivity index (χ4v) is 3.29. The van der Waals surface area contributed by atoms with Gasteiger partial charge in [0.2, 0.25) is 0 Å². The smallest absolute Gasteiger partial charge is 0.115 e. The molecule has 0 aliphatic carbocycles. The molecule has 1 aliphatic heterocycles. The molecule has 3 atom stereocenters. The van der Waals surface area contributed by atoms with E-state index in [1.807, 2.05) is 12.1 Å². The van der Waals surface area contributed by atoms with Crippen molar-refractivity contribution in [2.24, 2.45) is 5.73 Å². The number of likely N-dealkylation sites (tertiary alicyclic amines) is 1. The summed E-state index contributed by atoms with van der Waals surface area (Å²) in [6, 6.07) is 8.74. The highest BCUT2D eigenvalue weighted by Gasteiger charge is 2.30. The average Bonchev–Trinajstić information content (AvgIpc) is 2.42. The van der Waals surface area contributed by atoms with Crippen LogP contribution in [-0.4, -0.2) is 28.6 Å². The van der Waals surface area contributed by atoms with E-state index < -0.39 is 0 Å². The van der Waals surface area contributed by atoms with Gasteiger partial charge in [-0.3, -0.25) is 4.90 Å². The summed E-state index contributed by atoms with van der Waals surface area (Å²) in [7, 11) is 0. The molecule has 0 bridgehead atoms. The first-order valence-corrected chi connectivity index (χ1v) is 7.43. The van der Waals surface area contributed by atoms with Gasteiger partial charge in [0.25, 0.3) is 0 Å². The number of aromatic hydroxyl groups is 1. The lowest BCUT2D eigenvalue weighted by molar-refractivity contribution is 0.0783. The molecule has 2 rings (SSSR count). The van der Waals surface area contributed by atoms with E-state index in [1.54, 1.807) is 12.1 Å². The first-order valence-electron chi connectivity index (χ1n) is 7.43. The van der Waals surface area contributed by atoms with Gasteiger partial charge in [-0.15, -0.1) is 0 Å². The van der Waals surface area contributed by atoms with Crippen molar-refractivity contribution in [2.45, 2.75) is 57.7 Å². The van der Waals surface area contributed by atoms with Gasteiger partial charge in [0.1, 0.15) is 5.75 Å². The third-order valence-electron chi connectivity index (χ3n) is 4.26. The topological polar surface area (TPSA) is 49.5 Å². The van der Waals surface area contributed by atoms with Crippen LogP contribution >= 0.6 is 0 Å². The summed E-state index contributed by atoms with van der Waals surface area (Å²) in [5, 5.41) is 9.43. The normalized spacial score (nSPS) is 24.1. The van der Waals surface area contributed by atoms with E-state index in [2.05, 4.69) is 18.7 Å². The second-order valence-electron chi connectivity index (χ2n) is 5.68. The summed E-state index contributed by atoms with van der Waals surface area (Å²) >= 11 is 0. The van der Waals surface area contributed by atoms with Gasteiger partial charge in [-0.05, 0) is 50.4 Å².